The molecule has 1 aliphatic rings. The number of phenols is 1. The van der Waals surface area contributed by atoms with E-state index in [1.165, 1.54) is 0 Å². The van der Waals surface area contributed by atoms with Crippen LogP contribution in [0.4, 0.5) is 11.4 Å². The zero-order valence-electron chi connectivity index (χ0n) is 10.4. The number of anilines is 2. The molecule has 0 aliphatic carbocycles. The highest BCUT2D eigenvalue weighted by Crippen LogP contribution is 2.19. The number of phenolic OH excluding ortho intramolecular Hbond substituents is 1. The van der Waals surface area contributed by atoms with Crippen LogP contribution in [-0.4, -0.2) is 24.0 Å². The average Bonchev–Trinajstić information content (AvgIpc) is 2.96. The standard InChI is InChI=1S/C15H15N3O/c19-14-7-5-13(6-8-14)18-12-3-1-11(2-4-12)15-16-9-10-17-15/h1-8,18-19H,9-10H2,(H,16,17). The number of nitrogens with zero attached hydrogens (tertiary/aromatic N) is 1. The first-order chi connectivity index (χ1) is 9.31. The Morgan fingerprint density at radius 2 is 1.58 bits per heavy atom. The molecule has 0 fully saturated rings. The molecule has 3 rings (SSSR count). The summed E-state index contributed by atoms with van der Waals surface area (Å²) in [5.41, 5.74) is 3.06. The van der Waals surface area contributed by atoms with Gasteiger partial charge in [0.1, 0.15) is 11.6 Å². The monoisotopic (exact) mass is 253 g/mol. The minimum atomic E-state index is 0.270. The Morgan fingerprint density at radius 1 is 0.947 bits per heavy atom. The fraction of sp³-hybridized carbons (Fsp3) is 0.133. The van der Waals surface area contributed by atoms with Crippen LogP contribution in [0, 0.1) is 0 Å². The topological polar surface area (TPSA) is 56.6 Å². The van der Waals surface area contributed by atoms with Crippen LogP contribution in [0.3, 0.4) is 0 Å². The Morgan fingerprint density at radius 3 is 2.16 bits per heavy atom. The predicted octanol–water partition coefficient (Wildman–Crippen LogP) is 2.49. The first kappa shape index (κ1) is 11.6. The van der Waals surface area contributed by atoms with Crippen LogP contribution in [0.2, 0.25) is 0 Å². The lowest BCUT2D eigenvalue weighted by Gasteiger charge is -2.08. The summed E-state index contributed by atoms with van der Waals surface area (Å²) in [6, 6.07) is 15.1. The second-order valence-corrected chi connectivity index (χ2v) is 4.41. The maximum Gasteiger partial charge on any atom is 0.128 e. The predicted molar refractivity (Wildman–Crippen MR) is 77.2 cm³/mol. The first-order valence-electron chi connectivity index (χ1n) is 6.26. The molecule has 4 heteroatoms. The normalized spacial score (nSPS) is 13.8. The molecular weight excluding hydrogens is 238 g/mol. The number of amidine groups is 1. The molecule has 0 saturated heterocycles. The van der Waals surface area contributed by atoms with Crippen molar-refractivity contribution in [3.8, 4) is 5.75 Å². The Labute approximate surface area is 111 Å². The molecule has 0 atom stereocenters. The maximum atomic E-state index is 9.23. The Hall–Kier alpha value is -2.49. The van der Waals surface area contributed by atoms with Crippen LogP contribution in [0.25, 0.3) is 0 Å². The zero-order chi connectivity index (χ0) is 13.1. The lowest BCUT2D eigenvalue weighted by atomic mass is 10.2. The second-order valence-electron chi connectivity index (χ2n) is 4.41. The summed E-state index contributed by atoms with van der Waals surface area (Å²) >= 11 is 0. The molecule has 0 saturated carbocycles. The van der Waals surface area contributed by atoms with Gasteiger partial charge in [0.05, 0.1) is 6.54 Å². The summed E-state index contributed by atoms with van der Waals surface area (Å²) in [5, 5.41) is 15.8. The van der Waals surface area contributed by atoms with Crippen LogP contribution in [0.1, 0.15) is 5.56 Å². The van der Waals surface area contributed by atoms with Crippen LogP contribution >= 0.6 is 0 Å². The van der Waals surface area contributed by atoms with E-state index in [1.807, 2.05) is 36.4 Å². The fourth-order valence-electron chi connectivity index (χ4n) is 2.01. The van der Waals surface area contributed by atoms with Crippen LogP contribution in [0.5, 0.6) is 5.75 Å². The molecule has 0 bridgehead atoms. The van der Waals surface area contributed by atoms with Crippen molar-refractivity contribution >= 4 is 17.2 Å². The zero-order valence-corrected chi connectivity index (χ0v) is 10.4. The van der Waals surface area contributed by atoms with E-state index in [0.717, 1.165) is 35.9 Å². The van der Waals surface area contributed by atoms with Gasteiger partial charge in [0, 0.05) is 23.5 Å². The number of hydrogen-bond acceptors (Lipinski definition) is 4. The third kappa shape index (κ3) is 2.68. The molecule has 96 valence electrons. The van der Waals surface area contributed by atoms with Gasteiger partial charge in [-0.25, -0.2) is 0 Å². The van der Waals surface area contributed by atoms with Crippen molar-refractivity contribution < 1.29 is 5.11 Å². The van der Waals surface area contributed by atoms with Gasteiger partial charge in [-0.2, -0.15) is 0 Å². The molecule has 0 aromatic heterocycles. The molecule has 2 aromatic carbocycles. The SMILES string of the molecule is Oc1ccc(Nc2ccc(C3=NCCN3)cc2)cc1. The van der Waals surface area contributed by atoms with Crippen molar-refractivity contribution in [3.63, 3.8) is 0 Å². The average molecular weight is 253 g/mol. The van der Waals surface area contributed by atoms with Gasteiger partial charge in [-0.05, 0) is 48.5 Å². The lowest BCUT2D eigenvalue weighted by Crippen LogP contribution is -2.19. The number of benzene rings is 2. The Kier molecular flexibility index (Phi) is 3.06. The minimum Gasteiger partial charge on any atom is -0.508 e. The van der Waals surface area contributed by atoms with Gasteiger partial charge in [-0.3, -0.25) is 4.99 Å². The van der Waals surface area contributed by atoms with Gasteiger partial charge in [-0.1, -0.05) is 0 Å². The number of aliphatic imine (C=N–C) groups is 1. The van der Waals surface area contributed by atoms with Crippen molar-refractivity contribution in [1.82, 2.24) is 5.32 Å². The molecule has 0 radical (unpaired) electrons. The molecule has 0 spiro atoms. The third-order valence-corrected chi connectivity index (χ3v) is 2.99. The van der Waals surface area contributed by atoms with E-state index in [1.54, 1.807) is 12.1 Å². The molecular formula is C15H15N3O. The van der Waals surface area contributed by atoms with E-state index in [9.17, 15) is 5.11 Å². The van der Waals surface area contributed by atoms with Crippen LogP contribution in [-0.2, 0) is 0 Å². The van der Waals surface area contributed by atoms with Crippen molar-refractivity contribution in [2.45, 2.75) is 0 Å². The minimum absolute atomic E-state index is 0.270. The van der Waals surface area contributed by atoms with E-state index in [4.69, 9.17) is 0 Å². The highest BCUT2D eigenvalue weighted by molar-refractivity contribution is 6.00. The van der Waals surface area contributed by atoms with E-state index < -0.39 is 0 Å². The van der Waals surface area contributed by atoms with E-state index in [0.29, 0.717) is 0 Å². The second kappa shape index (κ2) is 5.02. The first-order valence-corrected chi connectivity index (χ1v) is 6.26. The molecule has 0 amide bonds. The third-order valence-electron chi connectivity index (χ3n) is 2.99. The number of hydrogen-bond donors (Lipinski definition) is 3. The molecule has 4 nitrogen and oxygen atoms in total. The Bertz CT molecular complexity index is 588. The van der Waals surface area contributed by atoms with E-state index >= 15 is 0 Å². The highest BCUT2D eigenvalue weighted by Gasteiger charge is 2.07. The summed E-state index contributed by atoms with van der Waals surface area (Å²) in [7, 11) is 0. The number of aromatic hydroxyl groups is 1. The molecule has 3 N–H and O–H groups in total. The van der Waals surface area contributed by atoms with E-state index in [2.05, 4.69) is 15.6 Å². The molecule has 0 unspecified atom stereocenters. The van der Waals surface area contributed by atoms with Gasteiger partial charge in [0.15, 0.2) is 0 Å². The maximum absolute atomic E-state index is 9.23. The lowest BCUT2D eigenvalue weighted by molar-refractivity contribution is 0.475. The van der Waals surface area contributed by atoms with Crippen molar-refractivity contribution in [2.24, 2.45) is 4.99 Å². The Balaban J connectivity index is 1.73. The number of rotatable bonds is 3. The summed E-state index contributed by atoms with van der Waals surface area (Å²) in [5.74, 6) is 1.24. The molecule has 1 aliphatic heterocycles. The summed E-state index contributed by atoms with van der Waals surface area (Å²) in [4.78, 5) is 4.39. The van der Waals surface area contributed by atoms with Gasteiger partial charge in [-0.15, -0.1) is 0 Å². The van der Waals surface area contributed by atoms with E-state index in [-0.39, 0.29) is 5.75 Å². The van der Waals surface area contributed by atoms with Crippen LogP contribution < -0.4 is 10.6 Å². The summed E-state index contributed by atoms with van der Waals surface area (Å²) < 4.78 is 0. The van der Waals surface area contributed by atoms with Gasteiger partial charge >= 0.3 is 0 Å². The largest absolute Gasteiger partial charge is 0.508 e. The van der Waals surface area contributed by atoms with Crippen molar-refractivity contribution in [2.75, 3.05) is 18.4 Å². The van der Waals surface area contributed by atoms with Crippen molar-refractivity contribution in [1.29, 1.82) is 0 Å². The highest BCUT2D eigenvalue weighted by atomic mass is 16.3. The quantitative estimate of drug-likeness (QED) is 0.737. The summed E-state index contributed by atoms with van der Waals surface area (Å²) in [6.45, 7) is 1.77. The van der Waals surface area contributed by atoms with Crippen molar-refractivity contribution in [3.05, 3.63) is 54.1 Å². The molecule has 2 aromatic rings. The molecule has 19 heavy (non-hydrogen) atoms. The smallest absolute Gasteiger partial charge is 0.128 e. The fourth-order valence-corrected chi connectivity index (χ4v) is 2.01. The van der Waals surface area contributed by atoms with Gasteiger partial charge < -0.3 is 15.7 Å². The molecule has 1 heterocycles. The number of nitrogens with one attached hydrogen (secondary N) is 2. The van der Waals surface area contributed by atoms with Crippen LogP contribution in [0.15, 0.2) is 53.5 Å². The van der Waals surface area contributed by atoms with Gasteiger partial charge in [0.2, 0.25) is 0 Å². The summed E-state index contributed by atoms with van der Waals surface area (Å²) in [6.07, 6.45) is 0. The van der Waals surface area contributed by atoms with Gasteiger partial charge in [0.25, 0.3) is 0 Å².